The number of nitrogens with two attached hydrogens (primary N) is 1. The van der Waals surface area contributed by atoms with E-state index in [0.717, 1.165) is 18.2 Å². The number of aromatic nitrogens is 3. The molecular formula is C18H15F4N5O2. The van der Waals surface area contributed by atoms with E-state index in [4.69, 9.17) is 5.73 Å². The van der Waals surface area contributed by atoms with Gasteiger partial charge < -0.3 is 15.8 Å². The zero-order chi connectivity index (χ0) is 21.2. The van der Waals surface area contributed by atoms with Crippen molar-refractivity contribution < 1.29 is 27.1 Å². The number of carbonyl (C=O) groups excluding carboxylic acids is 1. The topological polar surface area (TPSA) is 95.1 Å². The van der Waals surface area contributed by atoms with Gasteiger partial charge in [0.05, 0.1) is 0 Å². The molecule has 29 heavy (non-hydrogen) atoms. The lowest BCUT2D eigenvalue weighted by molar-refractivity contribution is -0.274. The molecule has 3 rings (SSSR count). The third-order valence-corrected chi connectivity index (χ3v) is 3.88. The number of halogens is 4. The summed E-state index contributed by atoms with van der Waals surface area (Å²) in [6.07, 6.45) is -3.44. The van der Waals surface area contributed by atoms with Gasteiger partial charge in [-0.25, -0.2) is 9.37 Å². The summed E-state index contributed by atoms with van der Waals surface area (Å²) in [5.74, 6) is -1.98. The number of ether oxygens (including phenoxy) is 1. The van der Waals surface area contributed by atoms with Gasteiger partial charge in [0.1, 0.15) is 28.9 Å². The first-order valence-corrected chi connectivity index (χ1v) is 8.33. The molecule has 0 atom stereocenters. The average molecular weight is 409 g/mol. The minimum atomic E-state index is -4.92. The van der Waals surface area contributed by atoms with Crippen LogP contribution in [0.25, 0.3) is 11.1 Å². The number of aryl methyl sites for hydroxylation is 1. The number of hydrogen-bond donors (Lipinski definition) is 2. The molecule has 0 spiro atoms. The maximum atomic E-state index is 14.1. The van der Waals surface area contributed by atoms with Gasteiger partial charge >= 0.3 is 6.36 Å². The summed E-state index contributed by atoms with van der Waals surface area (Å²) >= 11 is 0. The Hall–Kier alpha value is -3.63. The standard InChI is InChI=1S/C18H15F4N5O2/c1-2-27-14(7-8-24-27)17(28)26-15-6-4-11(16(23)25-15)12-9-10(3-5-13(12)19)29-18(20,21)22/h3-9H,2H2,1H3,(H3,23,25,26,28). The number of amides is 1. The summed E-state index contributed by atoms with van der Waals surface area (Å²) < 4.78 is 56.6. The molecule has 3 aromatic rings. The summed E-state index contributed by atoms with van der Waals surface area (Å²) in [7, 11) is 0. The van der Waals surface area contributed by atoms with Crippen LogP contribution in [-0.4, -0.2) is 27.0 Å². The molecule has 11 heteroatoms. The van der Waals surface area contributed by atoms with E-state index >= 15 is 0 Å². The van der Waals surface area contributed by atoms with Crippen molar-refractivity contribution in [2.45, 2.75) is 19.8 Å². The lowest BCUT2D eigenvalue weighted by Crippen LogP contribution is -2.18. The minimum Gasteiger partial charge on any atom is -0.406 e. The highest BCUT2D eigenvalue weighted by molar-refractivity contribution is 6.02. The number of nitrogens with one attached hydrogen (secondary N) is 1. The van der Waals surface area contributed by atoms with Crippen molar-refractivity contribution in [3.8, 4) is 16.9 Å². The van der Waals surface area contributed by atoms with Crippen LogP contribution in [0.15, 0.2) is 42.6 Å². The normalized spacial score (nSPS) is 11.3. The fourth-order valence-electron chi connectivity index (χ4n) is 2.64. The predicted octanol–water partition coefficient (Wildman–Crippen LogP) is 3.84. The highest BCUT2D eigenvalue weighted by Crippen LogP contribution is 2.33. The Labute approximate surface area is 162 Å². The molecule has 1 aromatic carbocycles. The Bertz CT molecular complexity index is 1050. The van der Waals surface area contributed by atoms with E-state index in [2.05, 4.69) is 20.1 Å². The molecule has 7 nitrogen and oxygen atoms in total. The molecular weight excluding hydrogens is 394 g/mol. The maximum absolute atomic E-state index is 14.1. The number of rotatable bonds is 5. The quantitative estimate of drug-likeness (QED) is 0.625. The minimum absolute atomic E-state index is 0.0479. The lowest BCUT2D eigenvalue weighted by Gasteiger charge is -2.13. The van der Waals surface area contributed by atoms with Gasteiger partial charge in [0, 0.05) is 23.9 Å². The van der Waals surface area contributed by atoms with Gasteiger partial charge in [-0.15, -0.1) is 13.2 Å². The van der Waals surface area contributed by atoms with Crippen molar-refractivity contribution in [1.82, 2.24) is 14.8 Å². The zero-order valence-electron chi connectivity index (χ0n) is 15.0. The SMILES string of the molecule is CCn1nccc1C(=O)Nc1ccc(-c2cc(OC(F)(F)F)ccc2F)c(N)n1. The first kappa shape index (κ1) is 20.1. The number of hydrogen-bond acceptors (Lipinski definition) is 5. The zero-order valence-corrected chi connectivity index (χ0v) is 15.0. The monoisotopic (exact) mass is 409 g/mol. The van der Waals surface area contributed by atoms with Crippen LogP contribution in [0.4, 0.5) is 29.2 Å². The van der Waals surface area contributed by atoms with Crippen molar-refractivity contribution in [3.63, 3.8) is 0 Å². The molecule has 2 heterocycles. The van der Waals surface area contributed by atoms with Gasteiger partial charge in [0.2, 0.25) is 0 Å². The number of nitrogens with zero attached hydrogens (tertiary/aromatic N) is 3. The molecule has 0 saturated carbocycles. The summed E-state index contributed by atoms with van der Waals surface area (Å²) in [5, 5.41) is 6.53. The Morgan fingerprint density at radius 1 is 1.21 bits per heavy atom. The molecule has 2 aromatic heterocycles. The van der Waals surface area contributed by atoms with E-state index in [9.17, 15) is 22.4 Å². The average Bonchev–Trinajstić information content (AvgIpc) is 3.11. The second kappa shape index (κ2) is 7.78. The molecule has 3 N–H and O–H groups in total. The highest BCUT2D eigenvalue weighted by atomic mass is 19.4. The predicted molar refractivity (Wildman–Crippen MR) is 96.6 cm³/mol. The van der Waals surface area contributed by atoms with Crippen LogP contribution in [-0.2, 0) is 6.54 Å². The van der Waals surface area contributed by atoms with E-state index < -0.39 is 23.8 Å². The first-order chi connectivity index (χ1) is 13.7. The summed E-state index contributed by atoms with van der Waals surface area (Å²) in [6.45, 7) is 2.31. The van der Waals surface area contributed by atoms with Crippen molar-refractivity contribution in [3.05, 3.63) is 54.1 Å². The van der Waals surface area contributed by atoms with Crippen molar-refractivity contribution >= 4 is 17.5 Å². The van der Waals surface area contributed by atoms with Crippen LogP contribution in [0.1, 0.15) is 17.4 Å². The van der Waals surface area contributed by atoms with E-state index in [1.54, 1.807) is 0 Å². The molecule has 0 unspecified atom stereocenters. The first-order valence-electron chi connectivity index (χ1n) is 8.33. The molecule has 0 aliphatic heterocycles. The van der Waals surface area contributed by atoms with Gasteiger partial charge in [-0.2, -0.15) is 5.10 Å². The van der Waals surface area contributed by atoms with E-state index in [-0.39, 0.29) is 22.8 Å². The molecule has 0 fully saturated rings. The maximum Gasteiger partial charge on any atom is 0.573 e. The van der Waals surface area contributed by atoms with Gasteiger partial charge in [-0.1, -0.05) is 0 Å². The molecule has 0 radical (unpaired) electrons. The number of benzene rings is 1. The molecule has 1 amide bonds. The van der Waals surface area contributed by atoms with Gasteiger partial charge in [-0.3, -0.25) is 9.48 Å². The fourth-order valence-corrected chi connectivity index (χ4v) is 2.64. The van der Waals surface area contributed by atoms with Gasteiger partial charge in [0.25, 0.3) is 5.91 Å². The Balaban J connectivity index is 1.86. The van der Waals surface area contributed by atoms with Crippen molar-refractivity contribution in [1.29, 1.82) is 0 Å². The smallest absolute Gasteiger partial charge is 0.406 e. The van der Waals surface area contributed by atoms with Crippen LogP contribution in [0.2, 0.25) is 0 Å². The van der Waals surface area contributed by atoms with Crippen LogP contribution in [0.5, 0.6) is 5.75 Å². The third kappa shape index (κ3) is 4.62. The Morgan fingerprint density at radius 2 is 1.97 bits per heavy atom. The molecule has 0 saturated heterocycles. The highest BCUT2D eigenvalue weighted by Gasteiger charge is 2.31. The van der Waals surface area contributed by atoms with Crippen LogP contribution in [0, 0.1) is 5.82 Å². The molecule has 0 aliphatic carbocycles. The van der Waals surface area contributed by atoms with E-state index in [1.807, 2.05) is 6.92 Å². The largest absolute Gasteiger partial charge is 0.573 e. The summed E-state index contributed by atoms with van der Waals surface area (Å²) in [4.78, 5) is 16.3. The molecule has 0 aliphatic rings. The Kier molecular flexibility index (Phi) is 5.39. The van der Waals surface area contributed by atoms with Gasteiger partial charge in [-0.05, 0) is 43.3 Å². The van der Waals surface area contributed by atoms with Crippen molar-refractivity contribution in [2.75, 3.05) is 11.1 Å². The second-order valence-electron chi connectivity index (χ2n) is 5.81. The van der Waals surface area contributed by atoms with Crippen LogP contribution >= 0.6 is 0 Å². The Morgan fingerprint density at radius 3 is 2.62 bits per heavy atom. The third-order valence-electron chi connectivity index (χ3n) is 3.88. The summed E-state index contributed by atoms with van der Waals surface area (Å²) in [6, 6.07) is 6.77. The van der Waals surface area contributed by atoms with Crippen LogP contribution < -0.4 is 15.8 Å². The lowest BCUT2D eigenvalue weighted by atomic mass is 10.1. The number of anilines is 2. The van der Waals surface area contributed by atoms with E-state index in [1.165, 1.54) is 29.1 Å². The van der Waals surface area contributed by atoms with Crippen molar-refractivity contribution in [2.24, 2.45) is 0 Å². The van der Waals surface area contributed by atoms with Crippen LogP contribution in [0.3, 0.4) is 0 Å². The number of alkyl halides is 3. The molecule has 152 valence electrons. The van der Waals surface area contributed by atoms with Gasteiger partial charge in [0.15, 0.2) is 0 Å². The van der Waals surface area contributed by atoms with E-state index in [0.29, 0.717) is 12.2 Å². The number of nitrogen functional groups attached to an aromatic ring is 1. The fraction of sp³-hybridized carbons (Fsp3) is 0.167. The second-order valence-corrected chi connectivity index (χ2v) is 5.81. The molecule has 0 bridgehead atoms. The number of carbonyl (C=O) groups is 1. The number of pyridine rings is 1. The summed E-state index contributed by atoms with van der Waals surface area (Å²) in [5.41, 5.74) is 5.97.